The largest absolute Gasteiger partial charge is 0.393 e. The van der Waals surface area contributed by atoms with Crippen LogP contribution in [0.2, 0.25) is 0 Å². The first-order valence-corrected chi connectivity index (χ1v) is 4.02. The summed E-state index contributed by atoms with van der Waals surface area (Å²) in [6.45, 7) is 0. The van der Waals surface area contributed by atoms with Crippen molar-refractivity contribution < 1.29 is 5.11 Å². The molecule has 0 amide bonds. The van der Waals surface area contributed by atoms with Gasteiger partial charge >= 0.3 is 0 Å². The van der Waals surface area contributed by atoms with Gasteiger partial charge in [0.1, 0.15) is 0 Å². The summed E-state index contributed by atoms with van der Waals surface area (Å²) in [5.74, 6) is 0. The Kier molecular flexibility index (Phi) is 1.10. The van der Waals surface area contributed by atoms with E-state index in [-0.39, 0.29) is 6.10 Å². The Balaban J connectivity index is 2.03. The average Bonchev–Trinajstić information content (AvgIpc) is 2.60. The van der Waals surface area contributed by atoms with Gasteiger partial charge in [-0.25, -0.2) is 0 Å². The molecule has 1 spiro atoms. The fourth-order valence-electron chi connectivity index (χ4n) is 2.03. The van der Waals surface area contributed by atoms with Crippen LogP contribution in [-0.2, 0) is 0 Å². The lowest BCUT2D eigenvalue weighted by atomic mass is 9.84. The lowest BCUT2D eigenvalue weighted by molar-refractivity contribution is 0.0546. The molecule has 0 heterocycles. The van der Waals surface area contributed by atoms with Crippen molar-refractivity contribution in [3.63, 3.8) is 0 Å². The molecule has 0 bridgehead atoms. The molecule has 0 radical (unpaired) electrons. The van der Waals surface area contributed by atoms with Gasteiger partial charge < -0.3 is 5.11 Å². The van der Waals surface area contributed by atoms with E-state index >= 15 is 0 Å². The van der Waals surface area contributed by atoms with Gasteiger partial charge in [-0.3, -0.25) is 0 Å². The van der Waals surface area contributed by atoms with Crippen LogP contribution in [0.5, 0.6) is 0 Å². The highest BCUT2D eigenvalue weighted by molar-refractivity contribution is 5.00. The maximum atomic E-state index is 9.50. The molecule has 0 saturated heterocycles. The van der Waals surface area contributed by atoms with E-state index in [4.69, 9.17) is 0 Å². The van der Waals surface area contributed by atoms with Crippen LogP contribution >= 0.6 is 0 Å². The molecule has 0 aliphatic heterocycles. The molecule has 52 valence electrons. The summed E-state index contributed by atoms with van der Waals surface area (Å²) in [4.78, 5) is 0. The van der Waals surface area contributed by atoms with Gasteiger partial charge in [0.15, 0.2) is 0 Å². The van der Waals surface area contributed by atoms with Gasteiger partial charge in [-0.2, -0.15) is 0 Å². The third-order valence-corrected chi connectivity index (χ3v) is 3.00. The van der Waals surface area contributed by atoms with Gasteiger partial charge in [-0.15, -0.1) is 0 Å². The van der Waals surface area contributed by atoms with Gasteiger partial charge in [0.05, 0.1) is 6.10 Å². The fourth-order valence-corrected chi connectivity index (χ4v) is 2.03. The van der Waals surface area contributed by atoms with Crippen LogP contribution in [0.15, 0.2) is 0 Å². The highest BCUT2D eigenvalue weighted by Crippen LogP contribution is 2.55. The Labute approximate surface area is 56.1 Å². The zero-order chi connectivity index (χ0) is 6.32. The van der Waals surface area contributed by atoms with Crippen molar-refractivity contribution in [2.24, 2.45) is 5.41 Å². The molecular formula is C8H14O. The average molecular weight is 126 g/mol. The molecule has 2 fully saturated rings. The molecule has 9 heavy (non-hydrogen) atoms. The second-order valence-electron chi connectivity index (χ2n) is 3.62. The van der Waals surface area contributed by atoms with E-state index in [2.05, 4.69) is 0 Å². The topological polar surface area (TPSA) is 20.2 Å². The second kappa shape index (κ2) is 1.72. The van der Waals surface area contributed by atoms with E-state index in [1.807, 2.05) is 0 Å². The predicted molar refractivity (Wildman–Crippen MR) is 36.1 cm³/mol. The lowest BCUT2D eigenvalue weighted by Crippen LogP contribution is -2.25. The molecule has 2 aliphatic rings. The molecule has 0 unspecified atom stereocenters. The predicted octanol–water partition coefficient (Wildman–Crippen LogP) is 1.70. The summed E-state index contributed by atoms with van der Waals surface area (Å²) in [6, 6.07) is 0. The maximum Gasteiger partial charge on any atom is 0.0596 e. The summed E-state index contributed by atoms with van der Waals surface area (Å²) in [5, 5.41) is 9.50. The quantitative estimate of drug-likeness (QED) is 0.523. The Morgan fingerprint density at radius 1 is 1.11 bits per heavy atom. The summed E-state index contributed by atoms with van der Waals surface area (Å²) in [6.07, 6.45) is 7.64. The van der Waals surface area contributed by atoms with Crippen molar-refractivity contribution in [2.75, 3.05) is 0 Å². The smallest absolute Gasteiger partial charge is 0.0596 e. The first-order chi connectivity index (χ1) is 4.33. The molecule has 1 atom stereocenters. The van der Waals surface area contributed by atoms with Crippen molar-refractivity contribution in [1.82, 2.24) is 0 Å². The van der Waals surface area contributed by atoms with E-state index in [0.29, 0.717) is 5.41 Å². The summed E-state index contributed by atoms with van der Waals surface area (Å²) >= 11 is 0. The SMILES string of the molecule is O[C@H]1CCCCC12CC2. The highest BCUT2D eigenvalue weighted by Gasteiger charge is 2.49. The standard InChI is InChI=1S/C8H14O/c9-7-3-1-2-4-8(7)5-6-8/h7,9H,1-6H2/t7-/m0/s1. The van der Waals surface area contributed by atoms with Crippen LogP contribution in [0.1, 0.15) is 38.5 Å². The van der Waals surface area contributed by atoms with E-state index < -0.39 is 0 Å². The van der Waals surface area contributed by atoms with E-state index in [0.717, 1.165) is 6.42 Å². The summed E-state index contributed by atoms with van der Waals surface area (Å²) in [5.41, 5.74) is 0.443. The molecule has 1 heteroatoms. The van der Waals surface area contributed by atoms with Crippen molar-refractivity contribution in [2.45, 2.75) is 44.6 Å². The monoisotopic (exact) mass is 126 g/mol. The van der Waals surface area contributed by atoms with Crippen LogP contribution in [0, 0.1) is 5.41 Å². The first-order valence-electron chi connectivity index (χ1n) is 4.02. The summed E-state index contributed by atoms with van der Waals surface area (Å²) < 4.78 is 0. The van der Waals surface area contributed by atoms with Crippen LogP contribution in [-0.4, -0.2) is 11.2 Å². The lowest BCUT2D eigenvalue weighted by Gasteiger charge is -2.26. The number of hydrogen-bond acceptors (Lipinski definition) is 1. The van der Waals surface area contributed by atoms with Gasteiger partial charge in [-0.1, -0.05) is 12.8 Å². The normalized spacial score (nSPS) is 39.0. The van der Waals surface area contributed by atoms with Crippen LogP contribution in [0.4, 0.5) is 0 Å². The molecule has 1 N–H and O–H groups in total. The molecule has 0 aromatic carbocycles. The number of hydrogen-bond donors (Lipinski definition) is 1. The second-order valence-corrected chi connectivity index (χ2v) is 3.62. The number of aliphatic hydroxyl groups is 1. The molecule has 0 aromatic rings. The van der Waals surface area contributed by atoms with E-state index in [1.165, 1.54) is 32.1 Å². The highest BCUT2D eigenvalue weighted by atomic mass is 16.3. The van der Waals surface area contributed by atoms with Crippen molar-refractivity contribution in [3.8, 4) is 0 Å². The van der Waals surface area contributed by atoms with Crippen molar-refractivity contribution in [1.29, 1.82) is 0 Å². The van der Waals surface area contributed by atoms with Gasteiger partial charge in [0, 0.05) is 0 Å². The third kappa shape index (κ3) is 0.787. The minimum absolute atomic E-state index is 0.0613. The van der Waals surface area contributed by atoms with Gasteiger partial charge in [-0.05, 0) is 31.1 Å². The molecule has 2 rings (SSSR count). The Hall–Kier alpha value is -0.0400. The first kappa shape index (κ1) is 5.72. The Bertz CT molecular complexity index is 116. The maximum absolute atomic E-state index is 9.50. The van der Waals surface area contributed by atoms with E-state index in [1.54, 1.807) is 0 Å². The van der Waals surface area contributed by atoms with E-state index in [9.17, 15) is 5.11 Å². The zero-order valence-electron chi connectivity index (χ0n) is 5.77. The van der Waals surface area contributed by atoms with Crippen LogP contribution < -0.4 is 0 Å². The third-order valence-electron chi connectivity index (χ3n) is 3.00. The molecule has 2 aliphatic carbocycles. The fraction of sp³-hybridized carbons (Fsp3) is 1.00. The van der Waals surface area contributed by atoms with Crippen LogP contribution in [0.3, 0.4) is 0 Å². The Morgan fingerprint density at radius 3 is 2.33 bits per heavy atom. The molecule has 0 aromatic heterocycles. The Morgan fingerprint density at radius 2 is 1.89 bits per heavy atom. The minimum atomic E-state index is 0.0613. The van der Waals surface area contributed by atoms with Crippen molar-refractivity contribution in [3.05, 3.63) is 0 Å². The minimum Gasteiger partial charge on any atom is -0.393 e. The molecule has 1 nitrogen and oxygen atoms in total. The van der Waals surface area contributed by atoms with Gasteiger partial charge in [0.2, 0.25) is 0 Å². The number of aliphatic hydroxyl groups excluding tert-OH is 1. The zero-order valence-corrected chi connectivity index (χ0v) is 5.77. The number of rotatable bonds is 0. The molecular weight excluding hydrogens is 112 g/mol. The molecule has 2 saturated carbocycles. The van der Waals surface area contributed by atoms with Crippen LogP contribution in [0.25, 0.3) is 0 Å². The van der Waals surface area contributed by atoms with Crippen molar-refractivity contribution >= 4 is 0 Å². The summed E-state index contributed by atoms with van der Waals surface area (Å²) in [7, 11) is 0. The van der Waals surface area contributed by atoms with Gasteiger partial charge in [0.25, 0.3) is 0 Å².